The molecule has 0 amide bonds. The number of para-hydroxylation sites is 1. The SMILES string of the molecule is COc1ccccc1COc1nc(N)nc2n[nH]nc12. The number of aromatic amines is 1. The molecule has 0 saturated carbocycles. The number of nitrogen functional groups attached to an aromatic ring is 1. The van der Waals surface area contributed by atoms with Crippen LogP contribution in [0.4, 0.5) is 5.95 Å². The molecule has 1 aromatic carbocycles. The Balaban J connectivity index is 1.88. The monoisotopic (exact) mass is 272 g/mol. The van der Waals surface area contributed by atoms with Crippen molar-refractivity contribution in [3.05, 3.63) is 29.8 Å². The van der Waals surface area contributed by atoms with Crippen molar-refractivity contribution in [2.75, 3.05) is 12.8 Å². The van der Waals surface area contributed by atoms with Crippen molar-refractivity contribution in [3.63, 3.8) is 0 Å². The first-order valence-corrected chi connectivity index (χ1v) is 5.86. The maximum Gasteiger partial charge on any atom is 0.249 e. The second-order valence-corrected chi connectivity index (χ2v) is 3.98. The summed E-state index contributed by atoms with van der Waals surface area (Å²) in [6.45, 7) is 0.280. The molecule has 0 radical (unpaired) electrons. The zero-order valence-electron chi connectivity index (χ0n) is 10.7. The number of nitrogens with two attached hydrogens (primary N) is 1. The van der Waals surface area contributed by atoms with E-state index < -0.39 is 0 Å². The second-order valence-electron chi connectivity index (χ2n) is 3.98. The van der Waals surface area contributed by atoms with Crippen LogP contribution in [0.5, 0.6) is 11.6 Å². The number of rotatable bonds is 4. The maximum atomic E-state index is 5.65. The molecule has 0 atom stereocenters. The number of benzene rings is 1. The molecule has 3 aromatic rings. The van der Waals surface area contributed by atoms with Crippen LogP contribution in [0.3, 0.4) is 0 Å². The van der Waals surface area contributed by atoms with Crippen molar-refractivity contribution < 1.29 is 9.47 Å². The van der Waals surface area contributed by atoms with Crippen LogP contribution in [0.2, 0.25) is 0 Å². The lowest BCUT2D eigenvalue weighted by atomic mass is 10.2. The highest BCUT2D eigenvalue weighted by Crippen LogP contribution is 2.23. The molecule has 0 spiro atoms. The van der Waals surface area contributed by atoms with Crippen LogP contribution < -0.4 is 15.2 Å². The summed E-state index contributed by atoms with van der Waals surface area (Å²) in [5.74, 6) is 1.11. The van der Waals surface area contributed by atoms with Crippen molar-refractivity contribution in [2.24, 2.45) is 0 Å². The van der Waals surface area contributed by atoms with Crippen molar-refractivity contribution in [3.8, 4) is 11.6 Å². The molecular weight excluding hydrogens is 260 g/mol. The number of fused-ring (bicyclic) bond motifs is 1. The zero-order chi connectivity index (χ0) is 13.9. The van der Waals surface area contributed by atoms with E-state index in [1.807, 2.05) is 24.3 Å². The van der Waals surface area contributed by atoms with Crippen LogP contribution in [-0.4, -0.2) is 32.5 Å². The predicted octanol–water partition coefficient (Wildman–Crippen LogP) is 0.918. The quantitative estimate of drug-likeness (QED) is 0.726. The molecule has 20 heavy (non-hydrogen) atoms. The van der Waals surface area contributed by atoms with Gasteiger partial charge in [-0.25, -0.2) is 0 Å². The third kappa shape index (κ3) is 2.18. The average molecular weight is 272 g/mol. The summed E-state index contributed by atoms with van der Waals surface area (Å²) in [4.78, 5) is 7.97. The number of H-pyrrole nitrogens is 1. The lowest BCUT2D eigenvalue weighted by molar-refractivity contribution is 0.289. The third-order valence-electron chi connectivity index (χ3n) is 2.73. The fourth-order valence-corrected chi connectivity index (χ4v) is 1.81. The molecule has 0 unspecified atom stereocenters. The van der Waals surface area contributed by atoms with Gasteiger partial charge in [-0.3, -0.25) is 0 Å². The molecule has 3 N–H and O–H groups in total. The van der Waals surface area contributed by atoms with Crippen LogP contribution in [-0.2, 0) is 6.61 Å². The Morgan fingerprint density at radius 2 is 2.05 bits per heavy atom. The van der Waals surface area contributed by atoms with Gasteiger partial charge in [-0.2, -0.15) is 15.2 Å². The first-order valence-electron chi connectivity index (χ1n) is 5.86. The van der Waals surface area contributed by atoms with E-state index in [1.165, 1.54) is 0 Å². The Morgan fingerprint density at radius 1 is 1.20 bits per heavy atom. The number of ether oxygens (including phenoxy) is 2. The standard InChI is InChI=1S/C12H12N6O2/c1-19-8-5-3-2-4-7(8)6-20-11-9-10(17-18-16-9)14-12(13)15-11/h2-5H,6H2,1H3,(H3,13,14,15,16,17,18). The van der Waals surface area contributed by atoms with Crippen molar-refractivity contribution in [2.45, 2.75) is 6.61 Å². The smallest absolute Gasteiger partial charge is 0.249 e. The van der Waals surface area contributed by atoms with Crippen molar-refractivity contribution in [1.82, 2.24) is 25.4 Å². The van der Waals surface area contributed by atoms with E-state index in [-0.39, 0.29) is 18.4 Å². The van der Waals surface area contributed by atoms with Gasteiger partial charge in [-0.15, -0.1) is 10.2 Å². The normalized spacial score (nSPS) is 10.7. The summed E-state index contributed by atoms with van der Waals surface area (Å²) in [7, 11) is 1.61. The van der Waals surface area contributed by atoms with Gasteiger partial charge in [0.15, 0.2) is 5.52 Å². The van der Waals surface area contributed by atoms with Crippen LogP contribution in [0.1, 0.15) is 5.56 Å². The van der Waals surface area contributed by atoms with Gasteiger partial charge in [0.25, 0.3) is 0 Å². The Hall–Kier alpha value is -2.90. The van der Waals surface area contributed by atoms with E-state index in [9.17, 15) is 0 Å². The van der Waals surface area contributed by atoms with Crippen molar-refractivity contribution >= 4 is 17.1 Å². The topological polar surface area (TPSA) is 112 Å². The highest BCUT2D eigenvalue weighted by molar-refractivity contribution is 5.75. The van der Waals surface area contributed by atoms with Gasteiger partial charge in [-0.05, 0) is 6.07 Å². The van der Waals surface area contributed by atoms with E-state index in [0.717, 1.165) is 11.3 Å². The predicted molar refractivity (Wildman–Crippen MR) is 71.2 cm³/mol. The number of methoxy groups -OCH3 is 1. The first kappa shape index (κ1) is 12.2. The lowest BCUT2D eigenvalue weighted by Gasteiger charge is -2.09. The summed E-state index contributed by atoms with van der Waals surface area (Å²) < 4.78 is 10.9. The fourth-order valence-electron chi connectivity index (χ4n) is 1.81. The molecule has 8 heteroatoms. The first-order chi connectivity index (χ1) is 9.78. The average Bonchev–Trinajstić information content (AvgIpc) is 2.93. The lowest BCUT2D eigenvalue weighted by Crippen LogP contribution is -2.03. The van der Waals surface area contributed by atoms with E-state index in [4.69, 9.17) is 15.2 Å². The molecule has 102 valence electrons. The molecule has 2 aromatic heterocycles. The molecule has 0 saturated heterocycles. The summed E-state index contributed by atoms with van der Waals surface area (Å²) in [6, 6.07) is 7.56. The largest absolute Gasteiger partial charge is 0.496 e. The maximum absolute atomic E-state index is 5.65. The Kier molecular flexibility index (Phi) is 3.04. The molecule has 3 rings (SSSR count). The van der Waals surface area contributed by atoms with Crippen LogP contribution in [0, 0.1) is 0 Å². The minimum atomic E-state index is 0.0847. The number of nitrogens with one attached hydrogen (secondary N) is 1. The fraction of sp³-hybridized carbons (Fsp3) is 0.167. The number of hydrogen-bond donors (Lipinski definition) is 2. The highest BCUT2D eigenvalue weighted by atomic mass is 16.5. The zero-order valence-corrected chi connectivity index (χ0v) is 10.7. The van der Waals surface area contributed by atoms with Gasteiger partial charge in [0.2, 0.25) is 17.5 Å². The summed E-state index contributed by atoms with van der Waals surface area (Å²) >= 11 is 0. The number of aromatic nitrogens is 5. The summed E-state index contributed by atoms with van der Waals surface area (Å²) in [5.41, 5.74) is 7.30. The second kappa shape index (κ2) is 5.00. The Bertz CT molecular complexity index is 742. The van der Waals surface area contributed by atoms with Crippen molar-refractivity contribution in [1.29, 1.82) is 0 Å². The summed E-state index contributed by atoms with van der Waals surface area (Å²) in [6.07, 6.45) is 0. The van der Waals surface area contributed by atoms with Crippen LogP contribution in [0.25, 0.3) is 11.2 Å². The molecular formula is C12H12N6O2. The molecule has 0 fully saturated rings. The van der Waals surface area contributed by atoms with Gasteiger partial charge in [0, 0.05) is 5.56 Å². The molecule has 0 aliphatic carbocycles. The van der Waals surface area contributed by atoms with E-state index in [2.05, 4.69) is 25.4 Å². The van der Waals surface area contributed by atoms with E-state index >= 15 is 0 Å². The highest BCUT2D eigenvalue weighted by Gasteiger charge is 2.12. The van der Waals surface area contributed by atoms with Gasteiger partial charge in [0.1, 0.15) is 12.4 Å². The van der Waals surface area contributed by atoms with Gasteiger partial charge >= 0.3 is 0 Å². The molecule has 0 aliphatic heterocycles. The molecule has 0 aliphatic rings. The number of hydrogen-bond acceptors (Lipinski definition) is 7. The molecule has 2 heterocycles. The molecule has 0 bridgehead atoms. The Morgan fingerprint density at radius 3 is 2.90 bits per heavy atom. The van der Waals surface area contributed by atoms with Gasteiger partial charge in [0.05, 0.1) is 7.11 Å². The number of anilines is 1. The number of nitrogens with zero attached hydrogens (tertiary/aromatic N) is 4. The van der Waals surface area contributed by atoms with Gasteiger partial charge in [-0.1, -0.05) is 18.2 Å². The Labute approximate surface area is 113 Å². The van der Waals surface area contributed by atoms with Gasteiger partial charge < -0.3 is 15.2 Å². The minimum absolute atomic E-state index is 0.0847. The minimum Gasteiger partial charge on any atom is -0.496 e. The van der Waals surface area contributed by atoms with E-state index in [1.54, 1.807) is 7.11 Å². The van der Waals surface area contributed by atoms with Crippen LogP contribution >= 0.6 is 0 Å². The summed E-state index contributed by atoms with van der Waals surface area (Å²) in [5, 5.41) is 10.3. The third-order valence-corrected chi connectivity index (χ3v) is 2.73. The van der Waals surface area contributed by atoms with Crippen LogP contribution in [0.15, 0.2) is 24.3 Å². The van der Waals surface area contributed by atoms with E-state index in [0.29, 0.717) is 11.2 Å². The molecule has 8 nitrogen and oxygen atoms in total.